The minimum absolute atomic E-state index is 0.0152. The SMILES string of the molecule is CCOc1ccc(NC(=O)Cn2nnc(-c3ccc(C[NH+]4CCOCC4)cc3)n2)cc1. The van der Waals surface area contributed by atoms with E-state index in [1.54, 1.807) is 12.1 Å². The van der Waals surface area contributed by atoms with Crippen LogP contribution >= 0.6 is 0 Å². The lowest BCUT2D eigenvalue weighted by molar-refractivity contribution is -0.921. The second kappa shape index (κ2) is 10.1. The molecule has 162 valence electrons. The van der Waals surface area contributed by atoms with Gasteiger partial charge in [0.05, 0.1) is 19.8 Å². The highest BCUT2D eigenvalue weighted by atomic mass is 16.5. The summed E-state index contributed by atoms with van der Waals surface area (Å²) in [6.07, 6.45) is 0. The van der Waals surface area contributed by atoms with Crippen LogP contribution < -0.4 is 15.0 Å². The van der Waals surface area contributed by atoms with Crippen LogP contribution in [0.1, 0.15) is 12.5 Å². The molecule has 1 fully saturated rings. The average molecular weight is 423 g/mol. The summed E-state index contributed by atoms with van der Waals surface area (Å²) in [6.45, 7) is 7.22. The molecule has 2 N–H and O–H groups in total. The molecule has 1 saturated heterocycles. The van der Waals surface area contributed by atoms with Crippen molar-refractivity contribution in [1.82, 2.24) is 20.2 Å². The van der Waals surface area contributed by atoms with Gasteiger partial charge in [-0.3, -0.25) is 4.79 Å². The fourth-order valence-corrected chi connectivity index (χ4v) is 3.45. The first-order valence-electron chi connectivity index (χ1n) is 10.5. The van der Waals surface area contributed by atoms with Gasteiger partial charge in [-0.15, -0.1) is 10.2 Å². The van der Waals surface area contributed by atoms with Crippen molar-refractivity contribution in [2.75, 3.05) is 38.2 Å². The van der Waals surface area contributed by atoms with Crippen LogP contribution in [-0.4, -0.2) is 59.0 Å². The number of rotatable bonds is 8. The van der Waals surface area contributed by atoms with Crippen LogP contribution in [0.2, 0.25) is 0 Å². The Hall–Kier alpha value is -3.30. The third kappa shape index (κ3) is 5.87. The summed E-state index contributed by atoms with van der Waals surface area (Å²) in [5.41, 5.74) is 2.83. The Morgan fingerprint density at radius 1 is 1.13 bits per heavy atom. The Labute approximate surface area is 181 Å². The number of amides is 1. The van der Waals surface area contributed by atoms with E-state index in [2.05, 4.69) is 32.9 Å². The van der Waals surface area contributed by atoms with E-state index in [1.165, 1.54) is 15.3 Å². The monoisotopic (exact) mass is 423 g/mol. The highest BCUT2D eigenvalue weighted by Gasteiger charge is 2.15. The Bertz CT molecular complexity index is 981. The number of nitrogens with one attached hydrogen (secondary N) is 2. The number of tetrazole rings is 1. The average Bonchev–Trinajstić information content (AvgIpc) is 3.25. The molecule has 0 atom stereocenters. The maximum Gasteiger partial charge on any atom is 0.248 e. The lowest BCUT2D eigenvalue weighted by Crippen LogP contribution is -3.12. The Kier molecular flexibility index (Phi) is 6.85. The van der Waals surface area contributed by atoms with Gasteiger partial charge in [-0.05, 0) is 36.4 Å². The van der Waals surface area contributed by atoms with Crippen LogP contribution in [0.3, 0.4) is 0 Å². The second-order valence-electron chi connectivity index (χ2n) is 7.39. The zero-order valence-electron chi connectivity index (χ0n) is 17.6. The zero-order valence-corrected chi connectivity index (χ0v) is 17.6. The zero-order chi connectivity index (χ0) is 21.5. The van der Waals surface area contributed by atoms with Crippen LogP contribution in [0.25, 0.3) is 11.4 Å². The van der Waals surface area contributed by atoms with E-state index >= 15 is 0 Å². The third-order valence-electron chi connectivity index (χ3n) is 5.05. The molecule has 1 aliphatic rings. The maximum absolute atomic E-state index is 12.3. The first-order valence-corrected chi connectivity index (χ1v) is 10.5. The van der Waals surface area contributed by atoms with Crippen molar-refractivity contribution in [1.29, 1.82) is 0 Å². The normalized spacial score (nSPS) is 14.4. The van der Waals surface area contributed by atoms with Gasteiger partial charge in [-0.2, -0.15) is 4.80 Å². The van der Waals surface area contributed by atoms with Crippen molar-refractivity contribution in [3.63, 3.8) is 0 Å². The number of hydrogen-bond acceptors (Lipinski definition) is 6. The number of carbonyl (C=O) groups excluding carboxylic acids is 1. The molecule has 2 aromatic carbocycles. The standard InChI is InChI=1S/C22H26N6O3/c1-2-31-20-9-7-19(8-10-20)23-21(29)16-28-25-22(24-26-28)18-5-3-17(4-6-18)15-27-11-13-30-14-12-27/h3-10H,2,11-16H2,1H3,(H,23,29)/p+1. The van der Waals surface area contributed by atoms with E-state index in [4.69, 9.17) is 9.47 Å². The van der Waals surface area contributed by atoms with Crippen molar-refractivity contribution in [3.05, 3.63) is 54.1 Å². The fraction of sp³-hybridized carbons (Fsp3) is 0.364. The number of morpholine rings is 1. The molecule has 0 radical (unpaired) electrons. The van der Waals surface area contributed by atoms with Gasteiger partial charge in [0.25, 0.3) is 0 Å². The summed E-state index contributed by atoms with van der Waals surface area (Å²) in [5.74, 6) is 1.04. The lowest BCUT2D eigenvalue weighted by Gasteiger charge is -2.23. The summed E-state index contributed by atoms with van der Waals surface area (Å²) in [4.78, 5) is 15.1. The smallest absolute Gasteiger partial charge is 0.248 e. The molecule has 4 rings (SSSR count). The predicted octanol–water partition coefficient (Wildman–Crippen LogP) is 0.793. The molecule has 0 aliphatic carbocycles. The van der Waals surface area contributed by atoms with Gasteiger partial charge in [0.1, 0.15) is 31.9 Å². The Morgan fingerprint density at radius 2 is 1.87 bits per heavy atom. The maximum atomic E-state index is 12.3. The first kappa shape index (κ1) is 21.0. The predicted molar refractivity (Wildman–Crippen MR) is 115 cm³/mol. The second-order valence-corrected chi connectivity index (χ2v) is 7.39. The minimum Gasteiger partial charge on any atom is -0.494 e. The highest BCUT2D eigenvalue weighted by molar-refractivity contribution is 5.90. The van der Waals surface area contributed by atoms with Crippen molar-refractivity contribution in [2.24, 2.45) is 0 Å². The minimum atomic E-state index is -0.225. The Morgan fingerprint density at radius 3 is 2.58 bits per heavy atom. The van der Waals surface area contributed by atoms with Crippen LogP contribution in [-0.2, 0) is 22.6 Å². The van der Waals surface area contributed by atoms with E-state index in [9.17, 15) is 4.79 Å². The molecule has 31 heavy (non-hydrogen) atoms. The molecular formula is C22H27N6O3+. The largest absolute Gasteiger partial charge is 0.494 e. The van der Waals surface area contributed by atoms with Gasteiger partial charge >= 0.3 is 0 Å². The summed E-state index contributed by atoms with van der Waals surface area (Å²) in [5, 5.41) is 15.3. The molecule has 1 amide bonds. The molecule has 1 aliphatic heterocycles. The van der Waals surface area contributed by atoms with Crippen LogP contribution in [0, 0.1) is 0 Å². The van der Waals surface area contributed by atoms with E-state index in [0.717, 1.165) is 44.2 Å². The third-order valence-corrected chi connectivity index (χ3v) is 5.05. The van der Waals surface area contributed by atoms with Crippen LogP contribution in [0.4, 0.5) is 5.69 Å². The molecule has 0 saturated carbocycles. The first-order chi connectivity index (χ1) is 15.2. The molecule has 0 bridgehead atoms. The molecule has 3 aromatic rings. The number of aromatic nitrogens is 4. The molecule has 0 unspecified atom stereocenters. The highest BCUT2D eigenvalue weighted by Crippen LogP contribution is 2.16. The molecule has 9 nitrogen and oxygen atoms in total. The van der Waals surface area contributed by atoms with Gasteiger partial charge in [0.2, 0.25) is 11.7 Å². The van der Waals surface area contributed by atoms with Crippen molar-refractivity contribution < 1.29 is 19.2 Å². The van der Waals surface area contributed by atoms with Gasteiger partial charge in [-0.25, -0.2) is 0 Å². The van der Waals surface area contributed by atoms with E-state index in [-0.39, 0.29) is 12.5 Å². The summed E-state index contributed by atoms with van der Waals surface area (Å²) in [7, 11) is 0. The van der Waals surface area contributed by atoms with E-state index < -0.39 is 0 Å². The lowest BCUT2D eigenvalue weighted by atomic mass is 10.1. The Balaban J connectivity index is 1.31. The number of carbonyl (C=O) groups is 1. The number of benzene rings is 2. The number of hydrogen-bond donors (Lipinski definition) is 2. The van der Waals surface area contributed by atoms with E-state index in [1.807, 2.05) is 31.2 Å². The molecule has 1 aromatic heterocycles. The number of nitrogens with zero attached hydrogens (tertiary/aromatic N) is 4. The number of ether oxygens (including phenoxy) is 2. The topological polar surface area (TPSA) is 95.6 Å². The summed E-state index contributed by atoms with van der Waals surface area (Å²) in [6, 6.07) is 15.4. The van der Waals surface area contributed by atoms with Gasteiger partial charge < -0.3 is 19.7 Å². The number of anilines is 1. The molecule has 0 spiro atoms. The van der Waals surface area contributed by atoms with Crippen molar-refractivity contribution in [2.45, 2.75) is 20.0 Å². The van der Waals surface area contributed by atoms with Crippen molar-refractivity contribution in [3.8, 4) is 17.1 Å². The van der Waals surface area contributed by atoms with E-state index in [0.29, 0.717) is 18.1 Å². The molecule has 9 heteroatoms. The summed E-state index contributed by atoms with van der Waals surface area (Å²) < 4.78 is 10.8. The fourth-order valence-electron chi connectivity index (χ4n) is 3.45. The van der Waals surface area contributed by atoms with Gasteiger partial charge in [0.15, 0.2) is 0 Å². The van der Waals surface area contributed by atoms with Gasteiger partial charge in [-0.1, -0.05) is 24.3 Å². The van der Waals surface area contributed by atoms with Crippen LogP contribution in [0.5, 0.6) is 5.75 Å². The molecule has 2 heterocycles. The summed E-state index contributed by atoms with van der Waals surface area (Å²) >= 11 is 0. The van der Waals surface area contributed by atoms with Crippen molar-refractivity contribution >= 4 is 11.6 Å². The molecular weight excluding hydrogens is 396 g/mol. The van der Waals surface area contributed by atoms with Gasteiger partial charge in [0, 0.05) is 16.8 Å². The number of quaternary nitrogens is 1. The van der Waals surface area contributed by atoms with Crippen LogP contribution in [0.15, 0.2) is 48.5 Å². The quantitative estimate of drug-likeness (QED) is 0.556.